The van der Waals surface area contributed by atoms with E-state index in [-0.39, 0.29) is 12.6 Å². The molecular formula is C17H17F3N4O. The van der Waals surface area contributed by atoms with Gasteiger partial charge < -0.3 is 10.5 Å². The van der Waals surface area contributed by atoms with Gasteiger partial charge in [0.25, 0.3) is 5.88 Å². The number of nitrogens with two attached hydrogens (primary N) is 1. The van der Waals surface area contributed by atoms with Crippen LogP contribution >= 0.6 is 0 Å². The van der Waals surface area contributed by atoms with Gasteiger partial charge in [0, 0.05) is 24.5 Å². The second-order valence-electron chi connectivity index (χ2n) is 5.86. The third-order valence-corrected chi connectivity index (χ3v) is 3.59. The topological polar surface area (TPSA) is 65.4 Å². The van der Waals surface area contributed by atoms with Gasteiger partial charge in [0.1, 0.15) is 0 Å². The van der Waals surface area contributed by atoms with Crippen LogP contribution in [0.5, 0.6) is 5.88 Å². The van der Waals surface area contributed by atoms with E-state index < -0.39 is 11.7 Å². The Kier molecular flexibility index (Phi) is 4.38. The maximum Gasteiger partial charge on any atom is 0.416 e. The first-order chi connectivity index (χ1) is 11.8. The van der Waals surface area contributed by atoms with Gasteiger partial charge in [0.15, 0.2) is 0 Å². The van der Waals surface area contributed by atoms with Gasteiger partial charge in [-0.3, -0.25) is 4.40 Å². The third-order valence-electron chi connectivity index (χ3n) is 3.59. The van der Waals surface area contributed by atoms with E-state index in [1.807, 2.05) is 13.8 Å². The second-order valence-corrected chi connectivity index (χ2v) is 5.86. The molecule has 0 aliphatic carbocycles. The first-order valence-electron chi connectivity index (χ1n) is 7.70. The molecule has 5 nitrogen and oxygen atoms in total. The van der Waals surface area contributed by atoms with E-state index >= 15 is 0 Å². The van der Waals surface area contributed by atoms with Crippen LogP contribution in [0.4, 0.5) is 13.2 Å². The van der Waals surface area contributed by atoms with Crippen LogP contribution in [0.2, 0.25) is 0 Å². The molecule has 2 N–H and O–H groups in total. The number of hydrogen-bond donors (Lipinski definition) is 1. The van der Waals surface area contributed by atoms with E-state index in [4.69, 9.17) is 10.5 Å². The molecule has 0 radical (unpaired) electrons. The molecule has 0 saturated heterocycles. The quantitative estimate of drug-likeness (QED) is 0.780. The molecule has 3 aromatic rings. The Labute approximate surface area is 142 Å². The molecule has 0 aliphatic rings. The highest BCUT2D eigenvalue weighted by molar-refractivity contribution is 5.67. The average Bonchev–Trinajstić information content (AvgIpc) is 2.98. The highest BCUT2D eigenvalue weighted by Crippen LogP contribution is 2.34. The van der Waals surface area contributed by atoms with E-state index in [1.54, 1.807) is 16.7 Å². The van der Waals surface area contributed by atoms with Crippen molar-refractivity contribution in [1.82, 2.24) is 14.4 Å². The van der Waals surface area contributed by atoms with Crippen molar-refractivity contribution in [2.75, 3.05) is 0 Å². The molecule has 2 aromatic heterocycles. The Morgan fingerprint density at radius 3 is 2.60 bits per heavy atom. The molecule has 0 unspecified atom stereocenters. The van der Waals surface area contributed by atoms with E-state index in [1.165, 1.54) is 12.4 Å². The molecule has 8 heteroatoms. The lowest BCUT2D eigenvalue weighted by atomic mass is 10.0. The van der Waals surface area contributed by atoms with Crippen LogP contribution in [-0.2, 0) is 12.7 Å². The molecule has 0 saturated carbocycles. The fourth-order valence-electron chi connectivity index (χ4n) is 2.54. The maximum absolute atomic E-state index is 13.2. The van der Waals surface area contributed by atoms with Gasteiger partial charge in [-0.05, 0) is 37.6 Å². The second kappa shape index (κ2) is 6.36. The first kappa shape index (κ1) is 17.2. The zero-order chi connectivity index (χ0) is 18.2. The van der Waals surface area contributed by atoms with Gasteiger partial charge in [0.2, 0.25) is 5.65 Å². The van der Waals surface area contributed by atoms with E-state index in [0.717, 1.165) is 12.1 Å². The minimum absolute atomic E-state index is 0.0108. The SMILES string of the molecule is CC(C)Oc1nccn2c(-c3cc(CN)cc(C(F)(F)F)c3)cnc12. The summed E-state index contributed by atoms with van der Waals surface area (Å²) in [5.41, 5.74) is 6.54. The summed E-state index contributed by atoms with van der Waals surface area (Å²) in [6.07, 6.45) is 0.102. The zero-order valence-corrected chi connectivity index (χ0v) is 13.7. The summed E-state index contributed by atoms with van der Waals surface area (Å²) < 4.78 is 46.7. The number of hydrogen-bond acceptors (Lipinski definition) is 4. The molecular weight excluding hydrogens is 333 g/mol. The van der Waals surface area contributed by atoms with Crippen molar-refractivity contribution in [3.05, 3.63) is 47.9 Å². The molecule has 0 fully saturated rings. The van der Waals surface area contributed by atoms with Crippen LogP contribution in [0.1, 0.15) is 25.0 Å². The van der Waals surface area contributed by atoms with Crippen molar-refractivity contribution >= 4 is 5.65 Å². The Balaban J connectivity index is 2.17. The summed E-state index contributed by atoms with van der Waals surface area (Å²) >= 11 is 0. The number of fused-ring (bicyclic) bond motifs is 1. The van der Waals surface area contributed by atoms with E-state index in [9.17, 15) is 13.2 Å². The number of rotatable bonds is 4. The highest BCUT2D eigenvalue weighted by Gasteiger charge is 2.31. The summed E-state index contributed by atoms with van der Waals surface area (Å²) in [6, 6.07) is 3.77. The van der Waals surface area contributed by atoms with Gasteiger partial charge in [0.05, 0.1) is 23.6 Å². The molecule has 0 amide bonds. The van der Waals surface area contributed by atoms with Crippen LogP contribution in [0.3, 0.4) is 0 Å². The number of alkyl halides is 3. The highest BCUT2D eigenvalue weighted by atomic mass is 19.4. The lowest BCUT2D eigenvalue weighted by Gasteiger charge is -2.12. The summed E-state index contributed by atoms with van der Waals surface area (Å²) in [5.74, 6) is 0.328. The van der Waals surface area contributed by atoms with Crippen molar-refractivity contribution in [3.63, 3.8) is 0 Å². The molecule has 25 heavy (non-hydrogen) atoms. The summed E-state index contributed by atoms with van der Waals surface area (Å²) in [7, 11) is 0. The molecule has 0 atom stereocenters. The molecule has 2 heterocycles. The number of imidazole rings is 1. The Morgan fingerprint density at radius 2 is 1.96 bits per heavy atom. The largest absolute Gasteiger partial charge is 0.472 e. The van der Waals surface area contributed by atoms with Crippen molar-refractivity contribution in [2.24, 2.45) is 5.73 Å². The number of benzene rings is 1. The Bertz CT molecular complexity index is 903. The van der Waals surface area contributed by atoms with E-state index in [0.29, 0.717) is 28.3 Å². The van der Waals surface area contributed by atoms with Gasteiger partial charge in [-0.1, -0.05) is 0 Å². The lowest BCUT2D eigenvalue weighted by Crippen LogP contribution is -2.09. The number of ether oxygens (including phenoxy) is 1. The third kappa shape index (κ3) is 3.43. The Morgan fingerprint density at radius 1 is 1.20 bits per heavy atom. The smallest absolute Gasteiger partial charge is 0.416 e. The fraction of sp³-hybridized carbons (Fsp3) is 0.294. The fourth-order valence-corrected chi connectivity index (χ4v) is 2.54. The number of aromatic nitrogens is 3. The minimum Gasteiger partial charge on any atom is -0.472 e. The minimum atomic E-state index is -4.45. The summed E-state index contributed by atoms with van der Waals surface area (Å²) in [5, 5.41) is 0. The standard InChI is InChI=1S/C17H17F3N4O/c1-10(2)25-16-15-23-9-14(24(15)4-3-22-16)12-5-11(8-21)6-13(7-12)17(18,19)20/h3-7,9-10H,8,21H2,1-2H3. The van der Waals surface area contributed by atoms with Crippen molar-refractivity contribution in [2.45, 2.75) is 32.7 Å². The van der Waals surface area contributed by atoms with Crippen LogP contribution < -0.4 is 10.5 Å². The molecule has 0 spiro atoms. The molecule has 132 valence electrons. The molecule has 1 aromatic carbocycles. The van der Waals surface area contributed by atoms with Crippen molar-refractivity contribution in [1.29, 1.82) is 0 Å². The Hall–Kier alpha value is -2.61. The van der Waals surface area contributed by atoms with Crippen LogP contribution in [0.25, 0.3) is 16.9 Å². The average molecular weight is 350 g/mol. The van der Waals surface area contributed by atoms with Gasteiger partial charge >= 0.3 is 6.18 Å². The van der Waals surface area contributed by atoms with Gasteiger partial charge in [-0.15, -0.1) is 0 Å². The van der Waals surface area contributed by atoms with Crippen LogP contribution in [0, 0.1) is 0 Å². The predicted octanol–water partition coefficient (Wildman–Crippen LogP) is 3.66. The van der Waals surface area contributed by atoms with Gasteiger partial charge in [-0.25, -0.2) is 9.97 Å². The molecule has 0 bridgehead atoms. The number of halogens is 3. The predicted molar refractivity (Wildman–Crippen MR) is 87.1 cm³/mol. The number of nitrogens with zero attached hydrogens (tertiary/aromatic N) is 3. The molecule has 0 aliphatic heterocycles. The van der Waals surface area contributed by atoms with E-state index in [2.05, 4.69) is 9.97 Å². The van der Waals surface area contributed by atoms with Gasteiger partial charge in [-0.2, -0.15) is 13.2 Å². The maximum atomic E-state index is 13.2. The van der Waals surface area contributed by atoms with Crippen LogP contribution in [-0.4, -0.2) is 20.5 Å². The molecule has 3 rings (SSSR count). The van der Waals surface area contributed by atoms with Crippen molar-refractivity contribution < 1.29 is 17.9 Å². The first-order valence-corrected chi connectivity index (χ1v) is 7.70. The van der Waals surface area contributed by atoms with Crippen molar-refractivity contribution in [3.8, 4) is 17.1 Å². The van der Waals surface area contributed by atoms with Crippen LogP contribution in [0.15, 0.2) is 36.8 Å². The monoisotopic (exact) mass is 350 g/mol. The normalized spacial score (nSPS) is 12.1. The summed E-state index contributed by atoms with van der Waals surface area (Å²) in [6.45, 7) is 3.72. The summed E-state index contributed by atoms with van der Waals surface area (Å²) in [4.78, 5) is 8.40. The zero-order valence-electron chi connectivity index (χ0n) is 13.7. The lowest BCUT2D eigenvalue weighted by molar-refractivity contribution is -0.137.